The minimum atomic E-state index is -0.283. The van der Waals surface area contributed by atoms with Crippen molar-refractivity contribution in [3.05, 3.63) is 0 Å². The van der Waals surface area contributed by atoms with Crippen LogP contribution in [0.15, 0.2) is 20.7 Å². The molecular formula is C14H28N8O2. The Kier molecular flexibility index (Phi) is 8.66. The molecule has 10 heteroatoms. The molecule has 0 atom stereocenters. The van der Waals surface area contributed by atoms with E-state index in [1.165, 1.54) is 10.0 Å². The first-order valence-electron chi connectivity index (χ1n) is 8.13. The lowest BCUT2D eigenvalue weighted by Gasteiger charge is -2.25. The van der Waals surface area contributed by atoms with Crippen LogP contribution in [0.4, 0.5) is 9.59 Å². The zero-order chi connectivity index (χ0) is 17.9. The van der Waals surface area contributed by atoms with Crippen LogP contribution in [0.1, 0.15) is 25.7 Å². The molecule has 0 aromatic heterocycles. The van der Waals surface area contributed by atoms with Crippen LogP contribution in [0.5, 0.6) is 0 Å². The number of nitrogens with zero attached hydrogens (tertiary/aromatic N) is 6. The Bertz CT molecular complexity index is 418. The van der Waals surface area contributed by atoms with E-state index in [-0.39, 0.29) is 12.1 Å². The van der Waals surface area contributed by atoms with E-state index in [0.29, 0.717) is 24.9 Å². The molecule has 0 unspecified atom stereocenters. The average molecular weight is 340 g/mol. The lowest BCUT2D eigenvalue weighted by molar-refractivity contribution is 0.206. The third-order valence-corrected chi connectivity index (χ3v) is 4.06. The average Bonchev–Trinajstić information content (AvgIpc) is 2.61. The Hall–Kier alpha value is -2.26. The highest BCUT2D eigenvalue weighted by molar-refractivity contribution is 5.73. The molecule has 0 saturated heterocycles. The van der Waals surface area contributed by atoms with Gasteiger partial charge in [0.15, 0.2) is 0 Å². The molecule has 0 aliphatic heterocycles. The van der Waals surface area contributed by atoms with Gasteiger partial charge in [0.1, 0.15) is 0 Å². The van der Waals surface area contributed by atoms with Crippen LogP contribution < -0.4 is 10.6 Å². The van der Waals surface area contributed by atoms with Crippen molar-refractivity contribution in [3.8, 4) is 0 Å². The first-order valence-corrected chi connectivity index (χ1v) is 8.13. The third-order valence-electron chi connectivity index (χ3n) is 4.06. The van der Waals surface area contributed by atoms with Crippen LogP contribution in [0.25, 0.3) is 0 Å². The number of carbonyl (C=O) groups is 2. The molecule has 4 amide bonds. The summed E-state index contributed by atoms with van der Waals surface area (Å²) >= 11 is 0. The van der Waals surface area contributed by atoms with Gasteiger partial charge in [-0.25, -0.2) is 19.6 Å². The maximum Gasteiger partial charge on any atom is 0.338 e. The summed E-state index contributed by atoms with van der Waals surface area (Å²) in [5, 5.41) is 23.3. The molecule has 1 aliphatic carbocycles. The Morgan fingerprint density at radius 3 is 1.46 bits per heavy atom. The van der Waals surface area contributed by atoms with Crippen molar-refractivity contribution in [2.75, 3.05) is 41.3 Å². The molecule has 0 aromatic rings. The molecule has 24 heavy (non-hydrogen) atoms. The maximum atomic E-state index is 11.3. The van der Waals surface area contributed by atoms with Gasteiger partial charge in [-0.05, 0) is 37.5 Å². The van der Waals surface area contributed by atoms with E-state index in [1.54, 1.807) is 28.2 Å². The van der Waals surface area contributed by atoms with Crippen molar-refractivity contribution < 1.29 is 9.59 Å². The van der Waals surface area contributed by atoms with Crippen LogP contribution in [0, 0.1) is 11.8 Å². The van der Waals surface area contributed by atoms with E-state index in [1.807, 2.05) is 0 Å². The van der Waals surface area contributed by atoms with Gasteiger partial charge in [-0.3, -0.25) is 0 Å². The fourth-order valence-electron chi connectivity index (χ4n) is 2.50. The second-order valence-corrected chi connectivity index (χ2v) is 5.87. The SMILES string of the molecule is CNC(=O)N(C)N=NCC1CCC(CN=NN(C)C(=O)NC)CC1. The molecule has 1 rings (SSSR count). The Balaban J connectivity index is 2.24. The van der Waals surface area contributed by atoms with Crippen molar-refractivity contribution in [1.82, 2.24) is 20.7 Å². The number of carbonyl (C=O) groups excluding carboxylic acids is 2. The predicted octanol–water partition coefficient (Wildman–Crippen LogP) is 2.07. The zero-order valence-corrected chi connectivity index (χ0v) is 14.9. The maximum absolute atomic E-state index is 11.3. The molecule has 0 radical (unpaired) electrons. The summed E-state index contributed by atoms with van der Waals surface area (Å²) in [5.74, 6) is 0.988. The van der Waals surface area contributed by atoms with E-state index in [9.17, 15) is 9.59 Å². The summed E-state index contributed by atoms with van der Waals surface area (Å²) in [5.41, 5.74) is 0. The van der Waals surface area contributed by atoms with Gasteiger partial charge in [0.2, 0.25) is 0 Å². The summed E-state index contributed by atoms with van der Waals surface area (Å²) in [6, 6.07) is -0.566. The molecule has 136 valence electrons. The number of hydrogen-bond donors (Lipinski definition) is 2. The first kappa shape index (κ1) is 19.8. The minimum Gasteiger partial charge on any atom is -0.340 e. The number of amides is 4. The van der Waals surface area contributed by atoms with Gasteiger partial charge < -0.3 is 10.6 Å². The van der Waals surface area contributed by atoms with Crippen LogP contribution in [0.3, 0.4) is 0 Å². The number of hydrogen-bond acceptors (Lipinski definition) is 6. The quantitative estimate of drug-likeness (QED) is 0.569. The van der Waals surface area contributed by atoms with Crippen LogP contribution in [0.2, 0.25) is 0 Å². The molecule has 1 fully saturated rings. The monoisotopic (exact) mass is 340 g/mol. The summed E-state index contributed by atoms with van der Waals surface area (Å²) < 4.78 is 0. The second-order valence-electron chi connectivity index (χ2n) is 5.87. The predicted molar refractivity (Wildman–Crippen MR) is 89.3 cm³/mol. The standard InChI is InChI=1S/C14H28N8O2/c1-15-13(23)21(3)19-17-9-11-5-7-12(8-6-11)10-18-20-22(4)14(24)16-2/h11-12H,5-10H2,1-4H3,(H,15,23)(H,16,24). The summed E-state index contributed by atoms with van der Waals surface area (Å²) in [7, 11) is 6.25. The van der Waals surface area contributed by atoms with E-state index in [4.69, 9.17) is 0 Å². The topological polar surface area (TPSA) is 114 Å². The molecule has 2 N–H and O–H groups in total. The Morgan fingerprint density at radius 2 is 1.17 bits per heavy atom. The largest absolute Gasteiger partial charge is 0.340 e. The number of rotatable bonds is 6. The molecule has 0 bridgehead atoms. The van der Waals surface area contributed by atoms with Gasteiger partial charge >= 0.3 is 12.1 Å². The van der Waals surface area contributed by atoms with Crippen molar-refractivity contribution in [2.45, 2.75) is 25.7 Å². The molecule has 10 nitrogen and oxygen atoms in total. The summed E-state index contributed by atoms with van der Waals surface area (Å²) in [4.78, 5) is 22.5. The fourth-order valence-corrected chi connectivity index (χ4v) is 2.50. The summed E-state index contributed by atoms with van der Waals surface area (Å²) in [6.07, 6.45) is 4.25. The van der Waals surface area contributed by atoms with E-state index >= 15 is 0 Å². The van der Waals surface area contributed by atoms with Crippen LogP contribution in [-0.2, 0) is 0 Å². The normalized spacial score (nSPS) is 21.0. The molecular weight excluding hydrogens is 312 g/mol. The lowest BCUT2D eigenvalue weighted by atomic mass is 9.82. The smallest absolute Gasteiger partial charge is 0.338 e. The van der Waals surface area contributed by atoms with Crippen LogP contribution >= 0.6 is 0 Å². The molecule has 0 spiro atoms. The minimum absolute atomic E-state index is 0.283. The van der Waals surface area contributed by atoms with Gasteiger partial charge in [-0.2, -0.15) is 10.2 Å². The van der Waals surface area contributed by atoms with Crippen molar-refractivity contribution in [1.29, 1.82) is 0 Å². The highest BCUT2D eigenvalue weighted by Gasteiger charge is 2.21. The van der Waals surface area contributed by atoms with E-state index in [2.05, 4.69) is 31.3 Å². The fraction of sp³-hybridized carbons (Fsp3) is 0.857. The van der Waals surface area contributed by atoms with Gasteiger partial charge in [-0.1, -0.05) is 10.4 Å². The molecule has 0 heterocycles. The highest BCUT2D eigenvalue weighted by Crippen LogP contribution is 2.29. The van der Waals surface area contributed by atoms with Crippen molar-refractivity contribution >= 4 is 12.1 Å². The van der Waals surface area contributed by atoms with Crippen molar-refractivity contribution in [3.63, 3.8) is 0 Å². The van der Waals surface area contributed by atoms with Gasteiger partial charge in [0.25, 0.3) is 0 Å². The highest BCUT2D eigenvalue weighted by atomic mass is 16.2. The second kappa shape index (κ2) is 10.5. The van der Waals surface area contributed by atoms with Gasteiger partial charge in [0.05, 0.1) is 13.1 Å². The third kappa shape index (κ3) is 6.88. The van der Waals surface area contributed by atoms with E-state index in [0.717, 1.165) is 25.7 Å². The van der Waals surface area contributed by atoms with Crippen LogP contribution in [-0.4, -0.2) is 63.4 Å². The lowest BCUT2D eigenvalue weighted by Crippen LogP contribution is -2.30. The van der Waals surface area contributed by atoms with Gasteiger partial charge in [0, 0.05) is 28.2 Å². The Morgan fingerprint density at radius 1 is 0.833 bits per heavy atom. The molecule has 0 aromatic carbocycles. The number of urea groups is 2. The molecule has 1 saturated carbocycles. The van der Waals surface area contributed by atoms with Crippen molar-refractivity contribution in [2.24, 2.45) is 32.5 Å². The van der Waals surface area contributed by atoms with Gasteiger partial charge in [-0.15, -0.1) is 0 Å². The Labute approximate surface area is 142 Å². The molecule has 1 aliphatic rings. The summed E-state index contributed by atoms with van der Waals surface area (Å²) in [6.45, 7) is 1.27. The number of nitrogens with one attached hydrogen (secondary N) is 2. The first-order chi connectivity index (χ1) is 11.5. The zero-order valence-electron chi connectivity index (χ0n) is 14.9. The van der Waals surface area contributed by atoms with E-state index < -0.39 is 0 Å².